The molecule has 0 aliphatic carbocycles. The maximum atomic E-state index is 5.69. The molecular formula is C10H12N2O. The second-order valence-corrected chi connectivity index (χ2v) is 3.23. The van der Waals surface area contributed by atoms with E-state index in [0.717, 1.165) is 22.4 Å². The molecule has 1 aromatic carbocycles. The van der Waals surface area contributed by atoms with Crippen molar-refractivity contribution in [3.05, 3.63) is 30.0 Å². The first-order valence-electron chi connectivity index (χ1n) is 4.21. The van der Waals surface area contributed by atoms with Gasteiger partial charge in [0.05, 0.1) is 6.04 Å². The van der Waals surface area contributed by atoms with E-state index in [1.54, 1.807) is 0 Å². The van der Waals surface area contributed by atoms with Crippen LogP contribution in [-0.2, 0) is 0 Å². The lowest BCUT2D eigenvalue weighted by Gasteiger charge is -1.96. The highest BCUT2D eigenvalue weighted by Gasteiger charge is 2.06. The second kappa shape index (κ2) is 2.78. The molecule has 0 spiro atoms. The second-order valence-electron chi connectivity index (χ2n) is 3.23. The number of anilines is 1. The van der Waals surface area contributed by atoms with E-state index in [9.17, 15) is 0 Å². The molecule has 2 rings (SSSR count). The first-order chi connectivity index (χ1) is 6.16. The van der Waals surface area contributed by atoms with Crippen molar-refractivity contribution in [2.24, 2.45) is 5.73 Å². The van der Waals surface area contributed by atoms with E-state index < -0.39 is 0 Å². The standard InChI is InChI=1S/C10H12N2O/c1-6(11)10-5-7-4-8(12)2-3-9(7)13-10/h2-6H,11-12H2,1H3. The van der Waals surface area contributed by atoms with E-state index in [1.807, 2.05) is 31.2 Å². The molecule has 0 bridgehead atoms. The smallest absolute Gasteiger partial charge is 0.134 e. The number of benzene rings is 1. The topological polar surface area (TPSA) is 65.2 Å². The number of nitrogen functional groups attached to an aromatic ring is 1. The van der Waals surface area contributed by atoms with Crippen LogP contribution in [0.3, 0.4) is 0 Å². The molecule has 0 saturated carbocycles. The van der Waals surface area contributed by atoms with Gasteiger partial charge in [-0.25, -0.2) is 0 Å². The number of nitrogens with two attached hydrogens (primary N) is 2. The third-order valence-electron chi connectivity index (χ3n) is 2.01. The van der Waals surface area contributed by atoms with Gasteiger partial charge in [0, 0.05) is 11.1 Å². The molecule has 0 fully saturated rings. The lowest BCUT2D eigenvalue weighted by Crippen LogP contribution is -2.02. The average Bonchev–Trinajstić information content (AvgIpc) is 2.46. The summed E-state index contributed by atoms with van der Waals surface area (Å²) in [5, 5.41) is 1.01. The molecule has 0 amide bonds. The first kappa shape index (κ1) is 8.13. The Balaban J connectivity index is 2.62. The van der Waals surface area contributed by atoms with Crippen molar-refractivity contribution < 1.29 is 4.42 Å². The van der Waals surface area contributed by atoms with Crippen LogP contribution in [0.15, 0.2) is 28.7 Å². The van der Waals surface area contributed by atoms with Crippen LogP contribution < -0.4 is 11.5 Å². The summed E-state index contributed by atoms with van der Waals surface area (Å²) >= 11 is 0. The van der Waals surface area contributed by atoms with Crippen LogP contribution in [0.1, 0.15) is 18.7 Å². The predicted octanol–water partition coefficient (Wildman–Crippen LogP) is 2.03. The Morgan fingerprint density at radius 3 is 2.77 bits per heavy atom. The van der Waals surface area contributed by atoms with Gasteiger partial charge < -0.3 is 15.9 Å². The summed E-state index contributed by atoms with van der Waals surface area (Å²) in [5.41, 5.74) is 12.9. The maximum absolute atomic E-state index is 5.69. The van der Waals surface area contributed by atoms with Crippen LogP contribution in [0.5, 0.6) is 0 Å². The maximum Gasteiger partial charge on any atom is 0.134 e. The fourth-order valence-electron chi connectivity index (χ4n) is 1.31. The summed E-state index contributed by atoms with van der Waals surface area (Å²) in [4.78, 5) is 0. The average molecular weight is 176 g/mol. The minimum absolute atomic E-state index is 0.0753. The Labute approximate surface area is 76.3 Å². The number of fused-ring (bicyclic) bond motifs is 1. The van der Waals surface area contributed by atoms with Gasteiger partial charge in [0.15, 0.2) is 0 Å². The monoisotopic (exact) mass is 176 g/mol. The van der Waals surface area contributed by atoms with Gasteiger partial charge in [0.2, 0.25) is 0 Å². The number of hydrogen-bond donors (Lipinski definition) is 2. The SMILES string of the molecule is CC(N)c1cc2cc(N)ccc2o1. The number of furan rings is 1. The third kappa shape index (κ3) is 1.38. The van der Waals surface area contributed by atoms with Gasteiger partial charge in [-0.3, -0.25) is 0 Å². The quantitative estimate of drug-likeness (QED) is 0.653. The van der Waals surface area contributed by atoms with Crippen LogP contribution in [-0.4, -0.2) is 0 Å². The van der Waals surface area contributed by atoms with Crippen molar-refractivity contribution in [3.63, 3.8) is 0 Å². The minimum atomic E-state index is -0.0753. The Kier molecular flexibility index (Phi) is 1.74. The van der Waals surface area contributed by atoms with Gasteiger partial charge in [-0.2, -0.15) is 0 Å². The zero-order valence-corrected chi connectivity index (χ0v) is 7.45. The predicted molar refractivity (Wildman–Crippen MR) is 53.2 cm³/mol. The summed E-state index contributed by atoms with van der Waals surface area (Å²) in [5.74, 6) is 0.792. The molecule has 13 heavy (non-hydrogen) atoms. The van der Waals surface area contributed by atoms with Gasteiger partial charge >= 0.3 is 0 Å². The molecule has 2 aromatic rings. The molecule has 1 heterocycles. The van der Waals surface area contributed by atoms with Gasteiger partial charge in [0.25, 0.3) is 0 Å². The first-order valence-corrected chi connectivity index (χ1v) is 4.21. The Morgan fingerprint density at radius 2 is 2.08 bits per heavy atom. The normalized spacial score (nSPS) is 13.4. The van der Waals surface area contributed by atoms with Gasteiger partial charge in [-0.15, -0.1) is 0 Å². The zero-order valence-electron chi connectivity index (χ0n) is 7.45. The fourth-order valence-corrected chi connectivity index (χ4v) is 1.31. The molecule has 1 aromatic heterocycles. The van der Waals surface area contributed by atoms with Crippen molar-refractivity contribution in [2.75, 3.05) is 5.73 Å². The number of hydrogen-bond acceptors (Lipinski definition) is 3. The van der Waals surface area contributed by atoms with Crippen LogP contribution in [0.2, 0.25) is 0 Å². The van der Waals surface area contributed by atoms with Gasteiger partial charge in [0.1, 0.15) is 11.3 Å². The molecule has 0 aliphatic heterocycles. The summed E-state index contributed by atoms with van der Waals surface area (Å²) < 4.78 is 5.50. The molecule has 0 saturated heterocycles. The summed E-state index contributed by atoms with van der Waals surface area (Å²) in [6, 6.07) is 7.41. The van der Waals surface area contributed by atoms with Gasteiger partial charge in [-0.05, 0) is 31.2 Å². The fraction of sp³-hybridized carbons (Fsp3) is 0.200. The van der Waals surface area contributed by atoms with Crippen LogP contribution in [0.4, 0.5) is 5.69 Å². The van der Waals surface area contributed by atoms with Crippen molar-refractivity contribution >= 4 is 16.7 Å². The van der Waals surface area contributed by atoms with E-state index in [-0.39, 0.29) is 6.04 Å². The molecule has 3 nitrogen and oxygen atoms in total. The van der Waals surface area contributed by atoms with Crippen molar-refractivity contribution in [2.45, 2.75) is 13.0 Å². The van der Waals surface area contributed by atoms with Crippen LogP contribution in [0, 0.1) is 0 Å². The highest BCUT2D eigenvalue weighted by atomic mass is 16.3. The lowest BCUT2D eigenvalue weighted by atomic mass is 10.2. The van der Waals surface area contributed by atoms with E-state index >= 15 is 0 Å². The van der Waals surface area contributed by atoms with Crippen LogP contribution >= 0.6 is 0 Å². The van der Waals surface area contributed by atoms with Crippen molar-refractivity contribution in [3.8, 4) is 0 Å². The Hall–Kier alpha value is -1.48. The molecule has 1 unspecified atom stereocenters. The molecule has 0 aliphatic rings. The zero-order chi connectivity index (χ0) is 9.42. The molecule has 0 radical (unpaired) electrons. The lowest BCUT2D eigenvalue weighted by molar-refractivity contribution is 0.513. The Morgan fingerprint density at radius 1 is 1.31 bits per heavy atom. The molecule has 3 heteroatoms. The summed E-state index contributed by atoms with van der Waals surface area (Å²) in [6.07, 6.45) is 0. The highest BCUT2D eigenvalue weighted by molar-refractivity contribution is 5.81. The van der Waals surface area contributed by atoms with E-state index in [0.29, 0.717) is 0 Å². The number of rotatable bonds is 1. The minimum Gasteiger partial charge on any atom is -0.459 e. The Bertz CT molecular complexity index is 431. The van der Waals surface area contributed by atoms with Crippen LogP contribution in [0.25, 0.3) is 11.0 Å². The summed E-state index contributed by atoms with van der Waals surface area (Å²) in [6.45, 7) is 1.89. The molecule has 4 N–H and O–H groups in total. The largest absolute Gasteiger partial charge is 0.459 e. The van der Waals surface area contributed by atoms with E-state index in [2.05, 4.69) is 0 Å². The van der Waals surface area contributed by atoms with Crippen molar-refractivity contribution in [1.29, 1.82) is 0 Å². The van der Waals surface area contributed by atoms with Crippen molar-refractivity contribution in [1.82, 2.24) is 0 Å². The summed E-state index contributed by atoms with van der Waals surface area (Å²) in [7, 11) is 0. The highest BCUT2D eigenvalue weighted by Crippen LogP contribution is 2.24. The molecule has 1 atom stereocenters. The third-order valence-corrected chi connectivity index (χ3v) is 2.01. The van der Waals surface area contributed by atoms with E-state index in [1.165, 1.54) is 0 Å². The van der Waals surface area contributed by atoms with Gasteiger partial charge in [-0.1, -0.05) is 0 Å². The molecular weight excluding hydrogens is 164 g/mol. The van der Waals surface area contributed by atoms with E-state index in [4.69, 9.17) is 15.9 Å². The molecule has 68 valence electrons.